The van der Waals surface area contributed by atoms with Gasteiger partial charge in [-0.1, -0.05) is 42.1 Å². The van der Waals surface area contributed by atoms with Crippen LogP contribution in [-0.4, -0.2) is 27.3 Å². The van der Waals surface area contributed by atoms with Crippen molar-refractivity contribution < 1.29 is 9.21 Å². The van der Waals surface area contributed by atoms with E-state index < -0.39 is 5.25 Å². The number of nitrogens with zero attached hydrogens (tertiary/aromatic N) is 2. The summed E-state index contributed by atoms with van der Waals surface area (Å²) in [4.78, 5) is 33.4. The Morgan fingerprint density at radius 2 is 2.03 bits per heavy atom. The van der Waals surface area contributed by atoms with Crippen LogP contribution >= 0.6 is 23.1 Å². The number of nitrogens with one attached hydrogen (secondary N) is 1. The van der Waals surface area contributed by atoms with E-state index in [1.54, 1.807) is 22.2 Å². The number of thioether (sulfide) groups is 1. The molecule has 0 saturated carbocycles. The lowest BCUT2D eigenvalue weighted by Gasteiger charge is -2.16. The van der Waals surface area contributed by atoms with E-state index >= 15 is 0 Å². The maximum Gasteiger partial charge on any atom is 0.263 e. The highest BCUT2D eigenvalue weighted by molar-refractivity contribution is 8.00. The van der Waals surface area contributed by atoms with Gasteiger partial charge in [0.1, 0.15) is 10.6 Å². The topological polar surface area (TPSA) is 77.1 Å². The maximum absolute atomic E-state index is 13.7. The second-order valence-corrected chi connectivity index (χ2v) is 10.9. The molecule has 1 atom stereocenters. The molecule has 1 amide bonds. The predicted molar refractivity (Wildman–Crippen MR) is 137 cm³/mol. The van der Waals surface area contributed by atoms with E-state index in [4.69, 9.17) is 9.40 Å². The van der Waals surface area contributed by atoms with Crippen LogP contribution in [0.3, 0.4) is 0 Å². The molecule has 3 aromatic heterocycles. The number of hydrogen-bond donors (Lipinski definition) is 1. The molecule has 176 valence electrons. The fraction of sp³-hybridized carbons (Fsp3) is 0.346. The second-order valence-electron chi connectivity index (χ2n) is 8.54. The fourth-order valence-electron chi connectivity index (χ4n) is 4.34. The molecule has 8 heteroatoms. The van der Waals surface area contributed by atoms with Crippen molar-refractivity contribution in [3.63, 3.8) is 0 Å². The Morgan fingerprint density at radius 1 is 1.21 bits per heavy atom. The van der Waals surface area contributed by atoms with E-state index in [2.05, 4.69) is 17.4 Å². The molecule has 1 aliphatic rings. The minimum atomic E-state index is -0.391. The molecule has 6 nitrogen and oxygen atoms in total. The van der Waals surface area contributed by atoms with Crippen molar-refractivity contribution in [2.24, 2.45) is 0 Å². The monoisotopic (exact) mass is 493 g/mol. The number of rotatable bonds is 8. The molecule has 3 heterocycles. The molecular weight excluding hydrogens is 466 g/mol. The minimum Gasteiger partial charge on any atom is -0.467 e. The molecule has 0 spiro atoms. The molecule has 0 aliphatic heterocycles. The lowest BCUT2D eigenvalue weighted by Crippen LogP contribution is -2.33. The highest BCUT2D eigenvalue weighted by atomic mass is 32.2. The maximum atomic E-state index is 13.7. The average Bonchev–Trinajstić information content (AvgIpc) is 3.49. The predicted octanol–water partition coefficient (Wildman–Crippen LogP) is 4.82. The van der Waals surface area contributed by atoms with Gasteiger partial charge in [0.2, 0.25) is 5.91 Å². The first kappa shape index (κ1) is 22.9. The Bertz CT molecular complexity index is 1340. The number of aromatic nitrogens is 2. The lowest BCUT2D eigenvalue weighted by atomic mass is 9.97. The van der Waals surface area contributed by atoms with Crippen molar-refractivity contribution in [1.82, 2.24) is 14.9 Å². The molecule has 1 unspecified atom stereocenters. The first-order valence-corrected chi connectivity index (χ1v) is 13.4. The van der Waals surface area contributed by atoms with Gasteiger partial charge in [-0.25, -0.2) is 4.98 Å². The van der Waals surface area contributed by atoms with Gasteiger partial charge in [0.15, 0.2) is 5.16 Å². The number of hydrogen-bond acceptors (Lipinski definition) is 6. The zero-order valence-corrected chi connectivity index (χ0v) is 20.7. The first-order valence-electron chi connectivity index (χ1n) is 11.7. The van der Waals surface area contributed by atoms with Crippen LogP contribution in [0.15, 0.2) is 63.1 Å². The van der Waals surface area contributed by atoms with Gasteiger partial charge in [0.05, 0.1) is 23.4 Å². The van der Waals surface area contributed by atoms with Crippen molar-refractivity contribution in [3.05, 3.63) is 80.8 Å². The zero-order chi connectivity index (χ0) is 23.5. The van der Waals surface area contributed by atoms with Gasteiger partial charge in [0, 0.05) is 11.4 Å². The fourth-order valence-corrected chi connectivity index (χ4v) is 6.57. The third-order valence-corrected chi connectivity index (χ3v) is 8.42. The second kappa shape index (κ2) is 10.2. The summed E-state index contributed by atoms with van der Waals surface area (Å²) in [6.07, 6.45) is 6.58. The Kier molecular flexibility index (Phi) is 6.87. The number of furan rings is 1. The van der Waals surface area contributed by atoms with Crippen LogP contribution in [0.25, 0.3) is 10.2 Å². The number of benzene rings is 1. The molecule has 1 aromatic carbocycles. The van der Waals surface area contributed by atoms with Crippen LogP contribution in [0.1, 0.15) is 41.5 Å². The summed E-state index contributed by atoms with van der Waals surface area (Å²) in [5.41, 5.74) is 2.31. The summed E-state index contributed by atoms with van der Waals surface area (Å²) >= 11 is 2.96. The van der Waals surface area contributed by atoms with E-state index in [0.29, 0.717) is 24.0 Å². The Labute approximate surface area is 206 Å². The van der Waals surface area contributed by atoms with Gasteiger partial charge < -0.3 is 9.73 Å². The highest BCUT2D eigenvalue weighted by Crippen LogP contribution is 2.35. The Balaban J connectivity index is 1.39. The van der Waals surface area contributed by atoms with Crippen LogP contribution < -0.4 is 10.9 Å². The summed E-state index contributed by atoms with van der Waals surface area (Å²) in [7, 11) is 0. The Hall–Kier alpha value is -2.84. The molecule has 0 fully saturated rings. The molecule has 4 aromatic rings. The number of carbonyl (C=O) groups is 1. The van der Waals surface area contributed by atoms with Gasteiger partial charge in [-0.2, -0.15) is 0 Å². The number of carbonyl (C=O) groups excluding carboxylic acids is 1. The molecule has 0 bridgehead atoms. The zero-order valence-electron chi connectivity index (χ0n) is 19.1. The lowest BCUT2D eigenvalue weighted by molar-refractivity contribution is -0.120. The number of thiophene rings is 1. The van der Waals surface area contributed by atoms with E-state index in [9.17, 15) is 9.59 Å². The third kappa shape index (κ3) is 4.83. The van der Waals surface area contributed by atoms with E-state index in [0.717, 1.165) is 42.3 Å². The standard InChI is InChI=1S/C26H27N3O3S2/c1-17(23(30)27-14-13-18-8-3-2-4-9-18)33-26-28-24-22(20-11-5-6-12-21(20)34-24)25(31)29(26)16-19-10-7-15-32-19/h2-4,7-10,15,17H,5-6,11-14,16H2,1H3,(H,27,30). The minimum absolute atomic E-state index is 0.0417. The van der Waals surface area contributed by atoms with Gasteiger partial charge >= 0.3 is 0 Å². The number of aryl methyl sites for hydroxylation is 2. The highest BCUT2D eigenvalue weighted by Gasteiger charge is 2.24. The summed E-state index contributed by atoms with van der Waals surface area (Å²) in [6.45, 7) is 2.72. The van der Waals surface area contributed by atoms with Gasteiger partial charge in [-0.05, 0) is 62.3 Å². The van der Waals surface area contributed by atoms with Crippen LogP contribution in [0.5, 0.6) is 0 Å². The third-order valence-electron chi connectivity index (χ3n) is 6.14. The smallest absolute Gasteiger partial charge is 0.263 e. The Morgan fingerprint density at radius 3 is 2.82 bits per heavy atom. The van der Waals surface area contributed by atoms with Crippen molar-refractivity contribution in [2.75, 3.05) is 6.54 Å². The quantitative estimate of drug-likeness (QED) is 0.281. The average molecular weight is 494 g/mol. The molecular formula is C26H27N3O3S2. The normalized spacial score (nSPS) is 14.1. The van der Waals surface area contributed by atoms with E-state index in [1.165, 1.54) is 27.8 Å². The SMILES string of the molecule is CC(Sc1nc2sc3c(c2c(=O)n1Cc1ccco1)CCCC3)C(=O)NCCc1ccccc1. The first-order chi connectivity index (χ1) is 16.6. The van der Waals surface area contributed by atoms with Crippen molar-refractivity contribution >= 4 is 39.2 Å². The van der Waals surface area contributed by atoms with Gasteiger partial charge in [0.25, 0.3) is 5.56 Å². The van der Waals surface area contributed by atoms with Crippen molar-refractivity contribution in [2.45, 2.75) is 56.0 Å². The van der Waals surface area contributed by atoms with Crippen molar-refractivity contribution in [1.29, 1.82) is 0 Å². The molecule has 5 rings (SSSR count). The largest absolute Gasteiger partial charge is 0.467 e. The number of amides is 1. The van der Waals surface area contributed by atoms with Crippen LogP contribution in [-0.2, 0) is 30.6 Å². The van der Waals surface area contributed by atoms with Crippen LogP contribution in [0.4, 0.5) is 0 Å². The summed E-state index contributed by atoms with van der Waals surface area (Å²) < 4.78 is 7.20. The molecule has 0 radical (unpaired) electrons. The molecule has 34 heavy (non-hydrogen) atoms. The summed E-state index contributed by atoms with van der Waals surface area (Å²) in [6, 6.07) is 13.8. The van der Waals surface area contributed by atoms with Crippen molar-refractivity contribution in [3.8, 4) is 0 Å². The van der Waals surface area contributed by atoms with Crippen LogP contribution in [0, 0.1) is 0 Å². The molecule has 1 N–H and O–H groups in total. The van der Waals surface area contributed by atoms with E-state index in [-0.39, 0.29) is 11.5 Å². The van der Waals surface area contributed by atoms with Crippen LogP contribution in [0.2, 0.25) is 0 Å². The molecule has 1 aliphatic carbocycles. The molecule has 0 saturated heterocycles. The summed E-state index contributed by atoms with van der Waals surface area (Å²) in [5.74, 6) is 0.625. The van der Waals surface area contributed by atoms with E-state index in [1.807, 2.05) is 37.3 Å². The summed E-state index contributed by atoms with van der Waals surface area (Å²) in [5, 5.41) is 3.93. The van der Waals surface area contributed by atoms with Gasteiger partial charge in [-0.15, -0.1) is 11.3 Å². The number of fused-ring (bicyclic) bond motifs is 3. The van der Waals surface area contributed by atoms with Gasteiger partial charge in [-0.3, -0.25) is 14.2 Å².